The Bertz CT molecular complexity index is 680. The second kappa shape index (κ2) is 4.90. The largest absolute Gasteiger partial charge is 0.464 e. The Morgan fingerprint density at radius 2 is 2.21 bits per heavy atom. The molecule has 2 aromatic heterocycles. The number of H-pyrrole nitrogens is 1. The molecule has 0 aliphatic heterocycles. The molecule has 0 radical (unpaired) electrons. The number of aromatic amines is 1. The summed E-state index contributed by atoms with van der Waals surface area (Å²) in [4.78, 5) is 7.64. The molecule has 0 aliphatic carbocycles. The van der Waals surface area contributed by atoms with Crippen molar-refractivity contribution in [2.75, 3.05) is 6.61 Å². The van der Waals surface area contributed by atoms with Gasteiger partial charge in [-0.25, -0.2) is 4.98 Å². The number of benzene rings is 1. The van der Waals surface area contributed by atoms with Gasteiger partial charge in [0, 0.05) is 16.9 Å². The number of rotatable bonds is 4. The van der Waals surface area contributed by atoms with E-state index in [0.717, 1.165) is 34.5 Å². The fraction of sp³-hybridized carbons (Fsp3) is 0.267. The number of hydrogen-bond acceptors (Lipinski definition) is 3. The minimum atomic E-state index is 0.0620. The van der Waals surface area contributed by atoms with Gasteiger partial charge in [-0.3, -0.25) is 0 Å². The molecule has 0 amide bonds. The zero-order valence-electron chi connectivity index (χ0n) is 10.8. The van der Waals surface area contributed by atoms with Gasteiger partial charge in [0.1, 0.15) is 17.7 Å². The number of aliphatic hydroxyl groups is 1. The van der Waals surface area contributed by atoms with E-state index in [4.69, 9.17) is 4.42 Å². The molecule has 0 bridgehead atoms. The second-order valence-electron chi connectivity index (χ2n) is 4.62. The van der Waals surface area contributed by atoms with Crippen LogP contribution in [0.4, 0.5) is 0 Å². The Morgan fingerprint density at radius 3 is 3.00 bits per heavy atom. The van der Waals surface area contributed by atoms with Crippen LogP contribution in [0.1, 0.15) is 25.1 Å². The highest BCUT2D eigenvalue weighted by atomic mass is 16.3. The first kappa shape index (κ1) is 12.0. The van der Waals surface area contributed by atoms with E-state index in [1.165, 1.54) is 0 Å². The van der Waals surface area contributed by atoms with Gasteiger partial charge in [-0.15, -0.1) is 0 Å². The van der Waals surface area contributed by atoms with E-state index in [0.29, 0.717) is 0 Å². The molecule has 1 unspecified atom stereocenters. The molecule has 1 atom stereocenters. The topological polar surface area (TPSA) is 62.1 Å². The number of imidazole rings is 1. The van der Waals surface area contributed by atoms with E-state index in [1.54, 1.807) is 12.5 Å². The number of hydrogen-bond donors (Lipinski definition) is 2. The predicted octanol–water partition coefficient (Wildman–Crippen LogP) is 3.31. The van der Waals surface area contributed by atoms with Crippen molar-refractivity contribution in [1.82, 2.24) is 9.97 Å². The first-order chi connectivity index (χ1) is 9.33. The molecular formula is C15H16N2O2. The fourth-order valence-electron chi connectivity index (χ4n) is 2.28. The third-order valence-corrected chi connectivity index (χ3v) is 3.47. The van der Waals surface area contributed by atoms with Crippen LogP contribution in [0.25, 0.3) is 22.2 Å². The molecule has 0 fully saturated rings. The van der Waals surface area contributed by atoms with Crippen LogP contribution < -0.4 is 0 Å². The van der Waals surface area contributed by atoms with E-state index in [1.807, 2.05) is 31.2 Å². The number of nitrogens with zero attached hydrogens (tertiary/aromatic N) is 1. The van der Waals surface area contributed by atoms with Gasteiger partial charge in [0.05, 0.1) is 18.5 Å². The van der Waals surface area contributed by atoms with Crippen molar-refractivity contribution < 1.29 is 9.52 Å². The summed E-state index contributed by atoms with van der Waals surface area (Å²) in [5.74, 6) is 0.886. The first-order valence-electron chi connectivity index (χ1n) is 6.45. The van der Waals surface area contributed by atoms with Crippen molar-refractivity contribution in [1.29, 1.82) is 0 Å². The number of nitrogens with one attached hydrogen (secondary N) is 1. The van der Waals surface area contributed by atoms with Crippen LogP contribution in [-0.2, 0) is 0 Å². The summed E-state index contributed by atoms with van der Waals surface area (Å²) in [5.41, 5.74) is 2.79. The van der Waals surface area contributed by atoms with Gasteiger partial charge in [0.15, 0.2) is 0 Å². The third-order valence-electron chi connectivity index (χ3n) is 3.47. The SMILES string of the molecule is CCC(CO)c1ncc(-c2coc3ccccc23)[nH]1. The molecule has 3 aromatic rings. The number of fused-ring (bicyclic) bond motifs is 1. The Balaban J connectivity index is 2.03. The highest BCUT2D eigenvalue weighted by Gasteiger charge is 2.14. The van der Waals surface area contributed by atoms with E-state index in [9.17, 15) is 5.11 Å². The molecule has 98 valence electrons. The van der Waals surface area contributed by atoms with Crippen molar-refractivity contribution in [3.63, 3.8) is 0 Å². The molecule has 3 rings (SSSR count). The number of aliphatic hydroxyl groups excluding tert-OH is 1. The smallest absolute Gasteiger partial charge is 0.134 e. The minimum absolute atomic E-state index is 0.0620. The first-order valence-corrected chi connectivity index (χ1v) is 6.45. The van der Waals surface area contributed by atoms with E-state index in [2.05, 4.69) is 9.97 Å². The van der Waals surface area contributed by atoms with Crippen LogP contribution in [0.2, 0.25) is 0 Å². The van der Waals surface area contributed by atoms with Gasteiger partial charge in [0.2, 0.25) is 0 Å². The summed E-state index contributed by atoms with van der Waals surface area (Å²) >= 11 is 0. The van der Waals surface area contributed by atoms with Crippen LogP contribution in [0.5, 0.6) is 0 Å². The summed E-state index contributed by atoms with van der Waals surface area (Å²) in [6.45, 7) is 2.14. The molecule has 0 saturated carbocycles. The molecular weight excluding hydrogens is 240 g/mol. The van der Waals surface area contributed by atoms with Crippen LogP contribution in [0.3, 0.4) is 0 Å². The average molecular weight is 256 g/mol. The molecule has 19 heavy (non-hydrogen) atoms. The lowest BCUT2D eigenvalue weighted by molar-refractivity contribution is 0.258. The van der Waals surface area contributed by atoms with Crippen molar-refractivity contribution in [2.24, 2.45) is 0 Å². The quantitative estimate of drug-likeness (QED) is 0.752. The Kier molecular flexibility index (Phi) is 3.09. The monoisotopic (exact) mass is 256 g/mol. The highest BCUT2D eigenvalue weighted by Crippen LogP contribution is 2.30. The van der Waals surface area contributed by atoms with Crippen LogP contribution >= 0.6 is 0 Å². The molecule has 4 nitrogen and oxygen atoms in total. The maximum absolute atomic E-state index is 9.31. The summed E-state index contributed by atoms with van der Waals surface area (Å²) in [5, 5.41) is 10.4. The Labute approximate surface area is 111 Å². The molecule has 0 saturated heterocycles. The standard InChI is InChI=1S/C15H16N2O2/c1-2-10(8-18)15-16-7-13(17-15)12-9-19-14-6-4-3-5-11(12)14/h3-7,9-10,18H,2,8H2,1H3,(H,16,17). The Morgan fingerprint density at radius 1 is 1.37 bits per heavy atom. The maximum Gasteiger partial charge on any atom is 0.134 e. The van der Waals surface area contributed by atoms with Crippen molar-refractivity contribution in [2.45, 2.75) is 19.3 Å². The normalized spacial score (nSPS) is 12.9. The van der Waals surface area contributed by atoms with Crippen molar-refractivity contribution >= 4 is 11.0 Å². The summed E-state index contributed by atoms with van der Waals surface area (Å²) in [6.07, 6.45) is 4.39. The molecule has 0 spiro atoms. The van der Waals surface area contributed by atoms with Crippen molar-refractivity contribution in [3.05, 3.63) is 42.5 Å². The second-order valence-corrected chi connectivity index (χ2v) is 4.62. The zero-order valence-corrected chi connectivity index (χ0v) is 10.8. The molecule has 2 heterocycles. The molecule has 1 aromatic carbocycles. The van der Waals surface area contributed by atoms with E-state index >= 15 is 0 Å². The number of para-hydroxylation sites is 1. The van der Waals surface area contributed by atoms with Gasteiger partial charge in [0.25, 0.3) is 0 Å². The van der Waals surface area contributed by atoms with Crippen LogP contribution in [0.15, 0.2) is 41.1 Å². The lowest BCUT2D eigenvalue weighted by Crippen LogP contribution is -2.04. The van der Waals surface area contributed by atoms with E-state index < -0.39 is 0 Å². The summed E-state index contributed by atoms with van der Waals surface area (Å²) < 4.78 is 5.53. The van der Waals surface area contributed by atoms with Gasteiger partial charge in [-0.1, -0.05) is 25.1 Å². The fourth-order valence-corrected chi connectivity index (χ4v) is 2.28. The number of aromatic nitrogens is 2. The minimum Gasteiger partial charge on any atom is -0.464 e. The summed E-state index contributed by atoms with van der Waals surface area (Å²) in [7, 11) is 0. The van der Waals surface area contributed by atoms with Gasteiger partial charge in [-0.2, -0.15) is 0 Å². The Hall–Kier alpha value is -2.07. The lowest BCUT2D eigenvalue weighted by Gasteiger charge is -2.06. The molecule has 2 N–H and O–H groups in total. The van der Waals surface area contributed by atoms with Crippen LogP contribution in [0, 0.1) is 0 Å². The molecule has 0 aliphatic rings. The zero-order chi connectivity index (χ0) is 13.2. The highest BCUT2D eigenvalue weighted by molar-refractivity contribution is 5.92. The van der Waals surface area contributed by atoms with Gasteiger partial charge < -0.3 is 14.5 Å². The van der Waals surface area contributed by atoms with Gasteiger partial charge in [-0.05, 0) is 12.5 Å². The van der Waals surface area contributed by atoms with Crippen LogP contribution in [-0.4, -0.2) is 21.7 Å². The maximum atomic E-state index is 9.31. The van der Waals surface area contributed by atoms with Gasteiger partial charge >= 0.3 is 0 Å². The molecule has 4 heteroatoms. The van der Waals surface area contributed by atoms with E-state index in [-0.39, 0.29) is 12.5 Å². The lowest BCUT2D eigenvalue weighted by atomic mass is 10.1. The third kappa shape index (κ3) is 2.04. The number of furan rings is 1. The van der Waals surface area contributed by atoms with Crippen molar-refractivity contribution in [3.8, 4) is 11.3 Å². The predicted molar refractivity (Wildman–Crippen MR) is 73.9 cm³/mol. The summed E-state index contributed by atoms with van der Waals surface area (Å²) in [6, 6.07) is 7.91. The average Bonchev–Trinajstić information content (AvgIpc) is 3.06.